The summed E-state index contributed by atoms with van der Waals surface area (Å²) in [5.74, 6) is 5.74. The van der Waals surface area contributed by atoms with Crippen LogP contribution in [0.3, 0.4) is 0 Å². The Labute approximate surface area is 690 Å². The molecule has 0 aliphatic rings. The molecule has 9 nitrogen and oxygen atoms in total. The lowest BCUT2D eigenvalue weighted by Crippen LogP contribution is -2.03. The fourth-order valence-electron chi connectivity index (χ4n) is 13.8. The quantitative estimate of drug-likeness (QED) is 0.0242. The number of methoxy groups -OCH3 is 3. The lowest BCUT2D eigenvalue weighted by molar-refractivity contribution is 0.370. The van der Waals surface area contributed by atoms with Gasteiger partial charge in [-0.05, 0) is 263 Å². The van der Waals surface area contributed by atoms with Gasteiger partial charge in [0.15, 0.2) is 34.5 Å². The molecular weight excluding hydrogens is 1420 g/mol. The summed E-state index contributed by atoms with van der Waals surface area (Å²) in [7, 11) is 4.57. The molecule has 0 saturated heterocycles. The van der Waals surface area contributed by atoms with E-state index < -0.39 is 0 Å². The van der Waals surface area contributed by atoms with E-state index in [1.807, 2.05) is 92.7 Å². The SMILES string of the molecule is C/C=C/c1cc(OC)c(O)c(-c2cc(C(C)C(C)C)cc(CC)c2O)c1.C/C=C/c1cccc(-c2cc(C)cc(C(C)C(C)C)c2)c1.C=CCc1cc(OC)c(O)c(-c2cc(CC(C)CC)cc(OC)c2O)c1.C=CCc1ccc(O)c(-c2cc(CC(C)CC)ccc2O)c1.C=CCc1cccc(-c2cccc(CC(C)CC)c2)c1. The van der Waals surface area contributed by atoms with Gasteiger partial charge in [0.25, 0.3) is 0 Å². The van der Waals surface area contributed by atoms with Crippen molar-refractivity contribution in [3.05, 3.63) is 293 Å². The maximum atomic E-state index is 10.8. The van der Waals surface area contributed by atoms with Gasteiger partial charge >= 0.3 is 0 Å². The van der Waals surface area contributed by atoms with E-state index in [4.69, 9.17) is 14.2 Å². The van der Waals surface area contributed by atoms with E-state index >= 15 is 0 Å². The Balaban J connectivity index is 0.000000224. The molecule has 0 saturated carbocycles. The topological polar surface area (TPSA) is 149 Å². The lowest BCUT2D eigenvalue weighted by Gasteiger charge is -2.20. The van der Waals surface area contributed by atoms with Gasteiger partial charge in [0.1, 0.15) is 17.2 Å². The number of allylic oxidation sites excluding steroid dienone is 5. The van der Waals surface area contributed by atoms with Crippen molar-refractivity contribution in [2.24, 2.45) is 29.6 Å². The highest BCUT2D eigenvalue weighted by atomic mass is 16.5. The van der Waals surface area contributed by atoms with Crippen LogP contribution in [0.2, 0.25) is 0 Å². The van der Waals surface area contributed by atoms with E-state index in [1.165, 1.54) is 88.9 Å². The molecule has 115 heavy (non-hydrogen) atoms. The Morgan fingerprint density at radius 1 is 0.348 bits per heavy atom. The minimum Gasteiger partial charge on any atom is -0.507 e. The highest BCUT2D eigenvalue weighted by Gasteiger charge is 2.23. The monoisotopic (exact) mass is 1550 g/mol. The predicted molar refractivity (Wildman–Crippen MR) is 490 cm³/mol. The number of hydrogen-bond donors (Lipinski definition) is 6. The molecule has 0 aliphatic heterocycles. The van der Waals surface area contributed by atoms with Crippen molar-refractivity contribution in [2.75, 3.05) is 21.3 Å². The first-order chi connectivity index (χ1) is 55.1. The van der Waals surface area contributed by atoms with Gasteiger partial charge in [-0.1, -0.05) is 260 Å². The first-order valence-corrected chi connectivity index (χ1v) is 41.3. The number of aryl methyl sites for hydroxylation is 2. The minimum absolute atomic E-state index is 0.00152. The molecule has 0 fully saturated rings. The van der Waals surface area contributed by atoms with Gasteiger partial charge in [0.2, 0.25) is 0 Å². The Hall–Kier alpha value is -10.9. The Morgan fingerprint density at radius 2 is 0.739 bits per heavy atom. The summed E-state index contributed by atoms with van der Waals surface area (Å²) in [6, 6.07) is 59.7. The molecule has 9 heteroatoms. The molecule has 0 heterocycles. The molecule has 0 spiro atoms. The summed E-state index contributed by atoms with van der Waals surface area (Å²) < 4.78 is 16.0. The number of aromatic hydroxyl groups is 6. The van der Waals surface area contributed by atoms with Crippen LogP contribution in [-0.4, -0.2) is 52.0 Å². The van der Waals surface area contributed by atoms with Crippen molar-refractivity contribution in [2.45, 2.75) is 187 Å². The molecule has 10 aromatic carbocycles. The second-order valence-electron chi connectivity index (χ2n) is 31.5. The summed E-state index contributed by atoms with van der Waals surface area (Å²) in [5, 5.41) is 63.2. The molecular formula is C106H132O9. The second kappa shape index (κ2) is 46.5. The zero-order valence-corrected chi connectivity index (χ0v) is 72.4. The van der Waals surface area contributed by atoms with Gasteiger partial charge in [-0.25, -0.2) is 0 Å². The van der Waals surface area contributed by atoms with E-state index in [0.717, 1.165) is 85.1 Å². The van der Waals surface area contributed by atoms with Crippen LogP contribution in [0.1, 0.15) is 202 Å². The summed E-state index contributed by atoms with van der Waals surface area (Å²) >= 11 is 0. The molecule has 0 aliphatic carbocycles. The van der Waals surface area contributed by atoms with Crippen LogP contribution in [0.4, 0.5) is 0 Å². The summed E-state index contributed by atoms with van der Waals surface area (Å²) in [6.45, 7) is 46.3. The van der Waals surface area contributed by atoms with Crippen LogP contribution in [-0.2, 0) is 44.9 Å². The van der Waals surface area contributed by atoms with Crippen molar-refractivity contribution in [3.63, 3.8) is 0 Å². The van der Waals surface area contributed by atoms with Crippen LogP contribution in [0.25, 0.3) is 67.8 Å². The normalized spacial score (nSPS) is 12.4. The lowest BCUT2D eigenvalue weighted by atomic mass is 9.86. The van der Waals surface area contributed by atoms with E-state index in [9.17, 15) is 30.6 Å². The molecule has 0 aromatic heterocycles. The first-order valence-electron chi connectivity index (χ1n) is 41.3. The minimum atomic E-state index is -0.00152. The molecule has 610 valence electrons. The van der Waals surface area contributed by atoms with Crippen LogP contribution in [0.5, 0.6) is 51.7 Å². The summed E-state index contributed by atoms with van der Waals surface area (Å²) in [5.41, 5.74) is 22.9. The Kier molecular flexibility index (Phi) is 37.6. The second-order valence-corrected chi connectivity index (χ2v) is 31.5. The van der Waals surface area contributed by atoms with E-state index in [-0.39, 0.29) is 34.5 Å². The number of ether oxygens (including phenoxy) is 3. The summed E-state index contributed by atoms with van der Waals surface area (Å²) in [4.78, 5) is 0. The fraction of sp³-hybridized carbons (Fsp3) is 0.340. The average Bonchev–Trinajstić information content (AvgIpc) is 0.801. The molecule has 0 amide bonds. The zero-order valence-electron chi connectivity index (χ0n) is 72.4. The van der Waals surface area contributed by atoms with E-state index in [2.05, 4.69) is 226 Å². The highest BCUT2D eigenvalue weighted by molar-refractivity contribution is 5.83. The van der Waals surface area contributed by atoms with Gasteiger partial charge in [0, 0.05) is 33.4 Å². The average molecular weight is 1550 g/mol. The Bertz CT molecular complexity index is 4850. The van der Waals surface area contributed by atoms with Gasteiger partial charge in [0.05, 0.1) is 21.3 Å². The smallest absolute Gasteiger partial charge is 0.165 e. The molecule has 10 aromatic rings. The van der Waals surface area contributed by atoms with Crippen LogP contribution < -0.4 is 14.2 Å². The van der Waals surface area contributed by atoms with Gasteiger partial charge in [-0.2, -0.15) is 0 Å². The highest BCUT2D eigenvalue weighted by Crippen LogP contribution is 2.48. The van der Waals surface area contributed by atoms with Crippen molar-refractivity contribution >= 4 is 12.2 Å². The molecule has 5 unspecified atom stereocenters. The molecule has 0 bridgehead atoms. The molecule has 10 rings (SSSR count). The van der Waals surface area contributed by atoms with Crippen LogP contribution >= 0.6 is 0 Å². The molecule has 0 radical (unpaired) electrons. The molecule has 5 atom stereocenters. The van der Waals surface area contributed by atoms with Crippen LogP contribution in [0.15, 0.2) is 226 Å². The standard InChI is InChI=1S/C23H30O3.C22H28O4.C21H26.C20H24O2.C20H24/c1-7-9-16-10-19(23(25)21(11-16)26-6)20-13-18(15(5)14(3)4)12-17(8-2)22(20)24;1-6-8-15-10-17(21(23)19(12-15)25-4)18-11-16(9-14(3)7-2)13-20(26-5)22(18)24;1-6-8-18-9-7-10-19(13-18)21-12-16(4)11-20(14-21)17(5)15(2)3;1-4-6-15-7-9-19(21)17(12-15)18-13-16(8-10-20(18)22)11-14(3)5-2;1-4-8-17-9-6-11-19(14-17)20-12-7-10-18(15-20)13-16(3)5-2/h7,9-15,24-25H,8H2,1-6H3;6,10-14,23-24H,1,7-9H2,2-5H3;6-15,17H,1-5H3;4,7-10,12-14,21-22H,1,5-6,11H2,2-3H3;4,6-7,9-12,14-16H,1,5,8,13H2,2-3H3/b9-7+;;8-6+;;. The zero-order chi connectivity index (χ0) is 84.6. The molecule has 6 N–H and O–H groups in total. The van der Waals surface area contributed by atoms with Crippen molar-refractivity contribution in [1.29, 1.82) is 0 Å². The third-order valence-electron chi connectivity index (χ3n) is 21.9. The van der Waals surface area contributed by atoms with Crippen molar-refractivity contribution < 1.29 is 44.8 Å². The third kappa shape index (κ3) is 26.9. The van der Waals surface area contributed by atoms with Crippen molar-refractivity contribution in [1.82, 2.24) is 0 Å². The Morgan fingerprint density at radius 3 is 1.23 bits per heavy atom. The summed E-state index contributed by atoms with van der Waals surface area (Å²) in [6.07, 6.45) is 23.1. The van der Waals surface area contributed by atoms with Gasteiger partial charge < -0.3 is 44.8 Å². The maximum Gasteiger partial charge on any atom is 0.165 e. The van der Waals surface area contributed by atoms with Crippen LogP contribution in [0, 0.1) is 36.5 Å². The number of rotatable bonds is 30. The van der Waals surface area contributed by atoms with E-state index in [0.29, 0.717) is 92.6 Å². The van der Waals surface area contributed by atoms with E-state index in [1.54, 1.807) is 30.3 Å². The number of phenols is 6. The fourth-order valence-corrected chi connectivity index (χ4v) is 13.8. The number of benzene rings is 10. The third-order valence-corrected chi connectivity index (χ3v) is 21.9. The van der Waals surface area contributed by atoms with Gasteiger partial charge in [-0.15, -0.1) is 19.7 Å². The van der Waals surface area contributed by atoms with Gasteiger partial charge in [-0.3, -0.25) is 0 Å². The largest absolute Gasteiger partial charge is 0.507 e. The van der Waals surface area contributed by atoms with Crippen molar-refractivity contribution in [3.8, 4) is 107 Å². The maximum absolute atomic E-state index is 10.8. The number of phenolic OH excluding ortho intramolecular Hbond substituents is 6. The first kappa shape index (κ1) is 93.0. The number of hydrogen-bond acceptors (Lipinski definition) is 9. The predicted octanol–water partition coefficient (Wildman–Crippen LogP) is 28.4.